The van der Waals surface area contributed by atoms with E-state index in [0.29, 0.717) is 12.3 Å². The fourth-order valence-corrected chi connectivity index (χ4v) is 4.18. The normalized spacial score (nSPS) is 11.1. The van der Waals surface area contributed by atoms with E-state index in [2.05, 4.69) is 45.2 Å². The maximum atomic E-state index is 12.4. The van der Waals surface area contributed by atoms with Crippen molar-refractivity contribution in [1.82, 2.24) is 24.6 Å². The first-order chi connectivity index (χ1) is 14.2. The number of carbonyl (C=O) groups excluding carboxylic acids is 1. The van der Waals surface area contributed by atoms with Crippen molar-refractivity contribution in [2.45, 2.75) is 25.2 Å². The number of hydrogen-bond acceptors (Lipinski definition) is 4. The van der Waals surface area contributed by atoms with Crippen LogP contribution in [0, 0.1) is 0 Å². The van der Waals surface area contributed by atoms with Crippen LogP contribution >= 0.6 is 11.8 Å². The third-order valence-electron chi connectivity index (χ3n) is 4.88. The van der Waals surface area contributed by atoms with Gasteiger partial charge in [-0.1, -0.05) is 60.3 Å². The Balaban J connectivity index is 1.37. The molecule has 0 fully saturated rings. The second-order valence-electron chi connectivity index (χ2n) is 6.74. The summed E-state index contributed by atoms with van der Waals surface area (Å²) >= 11 is 1.39. The number of thioether (sulfide) groups is 1. The molecule has 4 aromatic rings. The van der Waals surface area contributed by atoms with E-state index < -0.39 is 0 Å². The minimum atomic E-state index is -0.0211. The summed E-state index contributed by atoms with van der Waals surface area (Å²) in [5, 5.41) is 13.4. The average molecular weight is 406 g/mol. The van der Waals surface area contributed by atoms with E-state index >= 15 is 0 Å². The summed E-state index contributed by atoms with van der Waals surface area (Å²) < 4.78 is 4.15. The minimum absolute atomic E-state index is 0.0211. The van der Waals surface area contributed by atoms with Crippen molar-refractivity contribution < 1.29 is 4.79 Å². The number of aromatic nitrogens is 4. The quantitative estimate of drug-likeness (QED) is 0.474. The van der Waals surface area contributed by atoms with Crippen molar-refractivity contribution in [2.75, 3.05) is 5.75 Å². The second kappa shape index (κ2) is 8.53. The number of amides is 1. The molecule has 148 valence electrons. The monoisotopic (exact) mass is 405 g/mol. The second-order valence-corrected chi connectivity index (χ2v) is 7.68. The maximum absolute atomic E-state index is 12.4. The van der Waals surface area contributed by atoms with Crippen LogP contribution in [0.3, 0.4) is 0 Å². The zero-order valence-electron chi connectivity index (χ0n) is 16.5. The molecule has 0 aliphatic rings. The molecule has 4 rings (SSSR count). The van der Waals surface area contributed by atoms with Gasteiger partial charge in [0.2, 0.25) is 5.91 Å². The molecule has 0 saturated heterocycles. The molecule has 29 heavy (non-hydrogen) atoms. The van der Waals surface area contributed by atoms with Crippen molar-refractivity contribution in [2.24, 2.45) is 7.05 Å². The fraction of sp³-hybridized carbons (Fsp3) is 0.227. The molecule has 2 aromatic carbocycles. The maximum Gasteiger partial charge on any atom is 0.230 e. The molecule has 0 radical (unpaired) electrons. The minimum Gasteiger partial charge on any atom is -0.350 e. The Kier molecular flexibility index (Phi) is 5.67. The van der Waals surface area contributed by atoms with Crippen LogP contribution in [0.5, 0.6) is 0 Å². The van der Waals surface area contributed by atoms with Gasteiger partial charge in [0.1, 0.15) is 0 Å². The molecule has 0 unspecified atom stereocenters. The molecule has 0 aliphatic carbocycles. The molecule has 0 bridgehead atoms. The molecule has 2 aromatic heterocycles. The first-order valence-electron chi connectivity index (χ1n) is 9.59. The molecule has 2 heterocycles. The van der Waals surface area contributed by atoms with Gasteiger partial charge in [0, 0.05) is 30.4 Å². The average Bonchev–Trinajstić information content (AvgIpc) is 3.31. The van der Waals surface area contributed by atoms with Crippen LogP contribution in [-0.2, 0) is 24.9 Å². The SMILES string of the molecule is CCn1c(CNC(=O)CSc2nnc(-c3ccccc3)n2C)cc2ccccc21. The van der Waals surface area contributed by atoms with Gasteiger partial charge >= 0.3 is 0 Å². The van der Waals surface area contributed by atoms with Gasteiger partial charge in [-0.2, -0.15) is 0 Å². The largest absolute Gasteiger partial charge is 0.350 e. The summed E-state index contributed by atoms with van der Waals surface area (Å²) in [5.41, 5.74) is 3.31. The van der Waals surface area contributed by atoms with Gasteiger partial charge in [0.05, 0.1) is 12.3 Å². The summed E-state index contributed by atoms with van der Waals surface area (Å²) in [5.74, 6) is 1.07. The van der Waals surface area contributed by atoms with E-state index in [1.165, 1.54) is 22.7 Å². The summed E-state index contributed by atoms with van der Waals surface area (Å²) in [4.78, 5) is 12.4. The Morgan fingerprint density at radius 2 is 1.83 bits per heavy atom. The van der Waals surface area contributed by atoms with E-state index in [0.717, 1.165) is 28.8 Å². The predicted octanol–water partition coefficient (Wildman–Crippen LogP) is 3.87. The van der Waals surface area contributed by atoms with Crippen molar-refractivity contribution in [3.05, 3.63) is 66.4 Å². The Labute approximate surface area is 173 Å². The Hall–Kier alpha value is -3.06. The molecule has 7 heteroatoms. The molecule has 6 nitrogen and oxygen atoms in total. The number of para-hydroxylation sites is 1. The van der Waals surface area contributed by atoms with Crippen LogP contribution in [0.4, 0.5) is 0 Å². The number of fused-ring (bicyclic) bond motifs is 1. The van der Waals surface area contributed by atoms with E-state index in [4.69, 9.17) is 0 Å². The third-order valence-corrected chi connectivity index (χ3v) is 5.90. The van der Waals surface area contributed by atoms with Gasteiger partial charge in [-0.25, -0.2) is 0 Å². The third kappa shape index (κ3) is 4.05. The van der Waals surface area contributed by atoms with E-state index in [9.17, 15) is 4.79 Å². The van der Waals surface area contributed by atoms with Gasteiger partial charge in [0.15, 0.2) is 11.0 Å². The van der Waals surface area contributed by atoms with Gasteiger partial charge in [-0.15, -0.1) is 10.2 Å². The van der Waals surface area contributed by atoms with E-state index in [1.54, 1.807) is 0 Å². The molecule has 0 spiro atoms. The van der Waals surface area contributed by atoms with Crippen LogP contribution in [0.2, 0.25) is 0 Å². The molecule has 1 N–H and O–H groups in total. The lowest BCUT2D eigenvalue weighted by Crippen LogP contribution is -2.26. The van der Waals surface area contributed by atoms with Crippen LogP contribution in [0.1, 0.15) is 12.6 Å². The first kappa shape index (κ1) is 19.3. The Morgan fingerprint density at radius 3 is 2.62 bits per heavy atom. The molecule has 0 aliphatic heterocycles. The Bertz CT molecular complexity index is 1130. The van der Waals surface area contributed by atoms with Crippen molar-refractivity contribution in [3.63, 3.8) is 0 Å². The molecule has 1 amide bonds. The molecule has 0 saturated carbocycles. The number of carbonyl (C=O) groups is 1. The van der Waals surface area contributed by atoms with Crippen LogP contribution in [-0.4, -0.2) is 31.0 Å². The lowest BCUT2D eigenvalue weighted by atomic mass is 10.2. The van der Waals surface area contributed by atoms with E-state index in [1.807, 2.05) is 54.1 Å². The highest BCUT2D eigenvalue weighted by Crippen LogP contribution is 2.22. The standard InChI is InChI=1S/C22H23N5OS/c1-3-27-18(13-17-11-7-8-12-19(17)27)14-23-20(28)15-29-22-25-24-21(26(22)2)16-9-5-4-6-10-16/h4-13H,3,14-15H2,1-2H3,(H,23,28). The number of aryl methyl sites for hydroxylation is 1. The van der Waals surface area contributed by atoms with Crippen molar-refractivity contribution >= 4 is 28.6 Å². The van der Waals surface area contributed by atoms with Gasteiger partial charge < -0.3 is 14.5 Å². The predicted molar refractivity (Wildman–Crippen MR) is 117 cm³/mol. The van der Waals surface area contributed by atoms with Crippen molar-refractivity contribution in [1.29, 1.82) is 0 Å². The summed E-state index contributed by atoms with van der Waals surface area (Å²) in [6.45, 7) is 3.50. The molecular weight excluding hydrogens is 382 g/mol. The highest BCUT2D eigenvalue weighted by Gasteiger charge is 2.13. The Morgan fingerprint density at radius 1 is 1.07 bits per heavy atom. The highest BCUT2D eigenvalue weighted by atomic mass is 32.2. The molecule has 0 atom stereocenters. The highest BCUT2D eigenvalue weighted by molar-refractivity contribution is 7.99. The van der Waals surface area contributed by atoms with Crippen LogP contribution in [0.15, 0.2) is 65.8 Å². The smallest absolute Gasteiger partial charge is 0.230 e. The lowest BCUT2D eigenvalue weighted by molar-refractivity contribution is -0.118. The van der Waals surface area contributed by atoms with Crippen LogP contribution in [0.25, 0.3) is 22.3 Å². The summed E-state index contributed by atoms with van der Waals surface area (Å²) in [6.07, 6.45) is 0. The van der Waals surface area contributed by atoms with Gasteiger partial charge in [0.25, 0.3) is 0 Å². The van der Waals surface area contributed by atoms with Crippen LogP contribution < -0.4 is 5.32 Å². The van der Waals surface area contributed by atoms with Gasteiger partial charge in [-0.3, -0.25) is 4.79 Å². The summed E-state index contributed by atoms with van der Waals surface area (Å²) in [7, 11) is 1.92. The lowest BCUT2D eigenvalue weighted by Gasteiger charge is -2.09. The van der Waals surface area contributed by atoms with E-state index in [-0.39, 0.29) is 5.91 Å². The topological polar surface area (TPSA) is 64.7 Å². The number of benzene rings is 2. The van der Waals surface area contributed by atoms with Crippen molar-refractivity contribution in [3.8, 4) is 11.4 Å². The summed E-state index contributed by atoms with van der Waals surface area (Å²) in [6, 6.07) is 20.3. The van der Waals surface area contributed by atoms with Gasteiger partial charge in [-0.05, 0) is 24.4 Å². The zero-order chi connectivity index (χ0) is 20.2. The first-order valence-corrected chi connectivity index (χ1v) is 10.6. The molecular formula is C22H23N5OS. The number of nitrogens with zero attached hydrogens (tertiary/aromatic N) is 4. The fourth-order valence-electron chi connectivity index (χ4n) is 3.44. The number of nitrogens with one attached hydrogen (secondary N) is 1. The number of hydrogen-bond donors (Lipinski definition) is 1. The zero-order valence-corrected chi connectivity index (χ0v) is 17.3. The number of rotatable bonds is 7.